The predicted octanol–water partition coefficient (Wildman–Crippen LogP) is 2.50. The molecule has 1 aliphatic carbocycles. The maximum Gasteiger partial charge on any atom is 0.409 e. The molecule has 2 fully saturated rings. The van der Waals surface area contributed by atoms with Crippen LogP contribution in [0.5, 0.6) is 0 Å². The molecular weight excluding hydrogens is 306 g/mol. The van der Waals surface area contributed by atoms with E-state index in [1.165, 1.54) is 32.1 Å². The normalized spacial score (nSPS) is 19.2. The summed E-state index contributed by atoms with van der Waals surface area (Å²) in [4.78, 5) is 24.5. The molecular formula is C17H27N5O2. The van der Waals surface area contributed by atoms with Crippen LogP contribution in [-0.2, 0) is 4.74 Å². The summed E-state index contributed by atoms with van der Waals surface area (Å²) >= 11 is 0. The van der Waals surface area contributed by atoms with E-state index < -0.39 is 0 Å². The third kappa shape index (κ3) is 4.27. The monoisotopic (exact) mass is 333 g/mol. The van der Waals surface area contributed by atoms with Crippen LogP contribution >= 0.6 is 0 Å². The lowest BCUT2D eigenvalue weighted by molar-refractivity contribution is 0.105. The molecule has 1 saturated heterocycles. The van der Waals surface area contributed by atoms with E-state index in [1.54, 1.807) is 11.2 Å². The van der Waals surface area contributed by atoms with Crippen LogP contribution in [0.1, 0.15) is 39.0 Å². The van der Waals surface area contributed by atoms with Crippen LogP contribution in [0, 0.1) is 0 Å². The number of piperazine rings is 1. The summed E-state index contributed by atoms with van der Waals surface area (Å²) in [5.41, 5.74) is 0. The van der Waals surface area contributed by atoms with Gasteiger partial charge in [-0.1, -0.05) is 19.3 Å². The lowest BCUT2D eigenvalue weighted by Gasteiger charge is -2.34. The Labute approximate surface area is 143 Å². The van der Waals surface area contributed by atoms with E-state index in [9.17, 15) is 4.79 Å². The van der Waals surface area contributed by atoms with Gasteiger partial charge in [0.15, 0.2) is 0 Å². The first-order valence-corrected chi connectivity index (χ1v) is 9.01. The van der Waals surface area contributed by atoms with Crippen LogP contribution in [0.2, 0.25) is 0 Å². The quantitative estimate of drug-likeness (QED) is 0.913. The molecule has 1 aromatic heterocycles. The molecule has 132 valence electrons. The van der Waals surface area contributed by atoms with E-state index >= 15 is 0 Å². The highest BCUT2D eigenvalue weighted by molar-refractivity contribution is 5.68. The maximum atomic E-state index is 11.8. The van der Waals surface area contributed by atoms with Gasteiger partial charge in [0, 0.05) is 38.3 Å². The molecule has 7 heteroatoms. The summed E-state index contributed by atoms with van der Waals surface area (Å²) in [5, 5.41) is 3.54. The molecule has 0 spiro atoms. The molecule has 3 rings (SSSR count). The molecule has 1 saturated carbocycles. The van der Waals surface area contributed by atoms with Crippen molar-refractivity contribution >= 4 is 17.7 Å². The average Bonchev–Trinajstić information content (AvgIpc) is 2.63. The van der Waals surface area contributed by atoms with Crippen molar-refractivity contribution in [3.63, 3.8) is 0 Å². The highest BCUT2D eigenvalue weighted by Gasteiger charge is 2.23. The van der Waals surface area contributed by atoms with Gasteiger partial charge in [0.25, 0.3) is 0 Å². The highest BCUT2D eigenvalue weighted by atomic mass is 16.6. The van der Waals surface area contributed by atoms with E-state index in [-0.39, 0.29) is 6.09 Å². The minimum absolute atomic E-state index is 0.223. The lowest BCUT2D eigenvalue weighted by Crippen LogP contribution is -2.49. The SMILES string of the molecule is CCOC(=O)N1CCN(c2cc(NC3CCCCC3)ncn2)CC1. The van der Waals surface area contributed by atoms with Crippen molar-refractivity contribution in [2.45, 2.75) is 45.1 Å². The average molecular weight is 333 g/mol. The van der Waals surface area contributed by atoms with Gasteiger partial charge in [-0.2, -0.15) is 0 Å². The van der Waals surface area contributed by atoms with Crippen molar-refractivity contribution in [2.75, 3.05) is 43.0 Å². The summed E-state index contributed by atoms with van der Waals surface area (Å²) in [6.45, 7) is 5.09. The number of ether oxygens (including phenoxy) is 1. The number of amides is 1. The van der Waals surface area contributed by atoms with Crippen molar-refractivity contribution in [1.29, 1.82) is 0 Å². The number of carbonyl (C=O) groups excluding carboxylic acids is 1. The number of aromatic nitrogens is 2. The first-order valence-electron chi connectivity index (χ1n) is 9.01. The zero-order valence-electron chi connectivity index (χ0n) is 14.4. The standard InChI is InChI=1S/C17H27N5O2/c1-2-24-17(23)22-10-8-21(9-11-22)16-12-15(18-13-19-16)20-14-6-4-3-5-7-14/h12-14H,2-11H2,1H3,(H,18,19,20). The molecule has 1 amide bonds. The van der Waals surface area contributed by atoms with E-state index in [4.69, 9.17) is 4.74 Å². The van der Waals surface area contributed by atoms with Crippen LogP contribution in [0.15, 0.2) is 12.4 Å². The van der Waals surface area contributed by atoms with Crippen LogP contribution in [0.4, 0.5) is 16.4 Å². The largest absolute Gasteiger partial charge is 0.450 e. The van der Waals surface area contributed by atoms with Crippen LogP contribution < -0.4 is 10.2 Å². The zero-order valence-corrected chi connectivity index (χ0v) is 14.4. The van der Waals surface area contributed by atoms with Gasteiger partial charge in [-0.05, 0) is 19.8 Å². The Bertz CT molecular complexity index is 540. The summed E-state index contributed by atoms with van der Waals surface area (Å²) in [5.74, 6) is 1.83. The van der Waals surface area contributed by atoms with Crippen molar-refractivity contribution in [2.24, 2.45) is 0 Å². The molecule has 0 aromatic carbocycles. The predicted molar refractivity (Wildman–Crippen MR) is 93.3 cm³/mol. The van der Waals surface area contributed by atoms with Crippen molar-refractivity contribution in [1.82, 2.24) is 14.9 Å². The molecule has 7 nitrogen and oxygen atoms in total. The molecule has 1 aliphatic heterocycles. The molecule has 24 heavy (non-hydrogen) atoms. The van der Waals surface area contributed by atoms with Gasteiger partial charge in [0.2, 0.25) is 0 Å². The third-order valence-corrected chi connectivity index (χ3v) is 4.74. The molecule has 1 N–H and O–H groups in total. The van der Waals surface area contributed by atoms with E-state index in [0.29, 0.717) is 25.7 Å². The Hall–Kier alpha value is -2.05. The Kier molecular flexibility index (Phi) is 5.72. The molecule has 0 radical (unpaired) electrons. The number of carbonyl (C=O) groups is 1. The molecule has 0 bridgehead atoms. The van der Waals surface area contributed by atoms with Crippen LogP contribution in [-0.4, -0.2) is 59.8 Å². The second kappa shape index (κ2) is 8.17. The topological polar surface area (TPSA) is 70.6 Å². The smallest absolute Gasteiger partial charge is 0.409 e. The first kappa shape index (κ1) is 16.8. The number of nitrogens with zero attached hydrogens (tertiary/aromatic N) is 4. The first-order chi connectivity index (χ1) is 11.8. The summed E-state index contributed by atoms with van der Waals surface area (Å²) in [6.07, 6.45) is 7.78. The lowest BCUT2D eigenvalue weighted by atomic mass is 9.95. The van der Waals surface area contributed by atoms with Crippen LogP contribution in [0.3, 0.4) is 0 Å². The van der Waals surface area contributed by atoms with E-state index in [1.807, 2.05) is 13.0 Å². The van der Waals surface area contributed by atoms with Gasteiger partial charge in [-0.3, -0.25) is 0 Å². The van der Waals surface area contributed by atoms with Gasteiger partial charge in [-0.25, -0.2) is 14.8 Å². The fraction of sp³-hybridized carbons (Fsp3) is 0.706. The second-order valence-electron chi connectivity index (χ2n) is 6.41. The zero-order chi connectivity index (χ0) is 16.8. The fourth-order valence-electron chi connectivity index (χ4n) is 3.39. The highest BCUT2D eigenvalue weighted by Crippen LogP contribution is 2.22. The van der Waals surface area contributed by atoms with Crippen LogP contribution in [0.25, 0.3) is 0 Å². The summed E-state index contributed by atoms with van der Waals surface area (Å²) < 4.78 is 5.06. The molecule has 2 aliphatic rings. The number of rotatable bonds is 4. The summed E-state index contributed by atoms with van der Waals surface area (Å²) in [6, 6.07) is 2.55. The van der Waals surface area contributed by atoms with Crippen molar-refractivity contribution < 1.29 is 9.53 Å². The van der Waals surface area contributed by atoms with E-state index in [2.05, 4.69) is 20.2 Å². The Morgan fingerprint density at radius 1 is 1.21 bits per heavy atom. The number of hydrogen-bond donors (Lipinski definition) is 1. The van der Waals surface area contributed by atoms with E-state index in [0.717, 1.165) is 24.7 Å². The Balaban J connectivity index is 1.55. The maximum absolute atomic E-state index is 11.8. The number of anilines is 2. The second-order valence-corrected chi connectivity index (χ2v) is 6.41. The van der Waals surface area contributed by atoms with Crippen molar-refractivity contribution in [3.8, 4) is 0 Å². The van der Waals surface area contributed by atoms with Crippen molar-refractivity contribution in [3.05, 3.63) is 12.4 Å². The minimum atomic E-state index is -0.223. The van der Waals surface area contributed by atoms with Gasteiger partial charge >= 0.3 is 6.09 Å². The number of nitrogens with one attached hydrogen (secondary N) is 1. The number of hydrogen-bond acceptors (Lipinski definition) is 6. The molecule has 2 heterocycles. The molecule has 0 unspecified atom stereocenters. The summed E-state index contributed by atoms with van der Waals surface area (Å²) in [7, 11) is 0. The molecule has 0 atom stereocenters. The molecule has 1 aromatic rings. The Morgan fingerprint density at radius 3 is 2.67 bits per heavy atom. The van der Waals surface area contributed by atoms with Gasteiger partial charge < -0.3 is 19.9 Å². The van der Waals surface area contributed by atoms with Gasteiger partial charge in [0.1, 0.15) is 18.0 Å². The Morgan fingerprint density at radius 2 is 1.96 bits per heavy atom. The fourth-order valence-corrected chi connectivity index (χ4v) is 3.39. The third-order valence-electron chi connectivity index (χ3n) is 4.74. The van der Waals surface area contributed by atoms with Gasteiger partial charge in [0.05, 0.1) is 6.61 Å². The minimum Gasteiger partial charge on any atom is -0.450 e. The van der Waals surface area contributed by atoms with Gasteiger partial charge in [-0.15, -0.1) is 0 Å².